The maximum absolute atomic E-state index is 10.3. The average molecular weight is 350 g/mol. The Labute approximate surface area is 121 Å². The van der Waals surface area contributed by atoms with Crippen molar-refractivity contribution >= 4 is 22.6 Å². The van der Waals surface area contributed by atoms with Gasteiger partial charge in [-0.3, -0.25) is 0 Å². The molecule has 1 aliphatic rings. The van der Waals surface area contributed by atoms with Crippen LogP contribution in [-0.4, -0.2) is 11.2 Å². The lowest BCUT2D eigenvalue weighted by Crippen LogP contribution is -2.30. The van der Waals surface area contributed by atoms with Crippen LogP contribution in [0.1, 0.15) is 22.6 Å². The number of hydrogen-bond donors (Lipinski definition) is 1. The van der Waals surface area contributed by atoms with E-state index in [9.17, 15) is 5.11 Å². The van der Waals surface area contributed by atoms with Crippen molar-refractivity contribution in [2.24, 2.45) is 0 Å². The van der Waals surface area contributed by atoms with Crippen LogP contribution in [0.2, 0.25) is 0 Å². The molecule has 0 fully saturated rings. The first-order valence-corrected chi connectivity index (χ1v) is 7.32. The summed E-state index contributed by atoms with van der Waals surface area (Å²) < 4.78 is 1.24. The number of rotatable bonds is 3. The zero-order valence-corrected chi connectivity index (χ0v) is 12.2. The summed E-state index contributed by atoms with van der Waals surface area (Å²) in [7, 11) is 0. The Kier molecular flexibility index (Phi) is 3.39. The molecule has 1 nitrogen and oxygen atoms in total. The minimum Gasteiger partial charge on any atom is -0.392 e. The van der Waals surface area contributed by atoms with Gasteiger partial charge in [-0.05, 0) is 64.3 Å². The first-order chi connectivity index (χ1) is 8.74. The molecule has 0 amide bonds. The summed E-state index contributed by atoms with van der Waals surface area (Å²) in [5, 5.41) is 10.3. The van der Waals surface area contributed by atoms with Gasteiger partial charge in [0.2, 0.25) is 0 Å². The van der Waals surface area contributed by atoms with Crippen LogP contribution in [0.4, 0.5) is 0 Å². The second-order valence-corrected chi connectivity index (χ2v) is 6.15. The molecule has 0 aromatic heterocycles. The normalized spacial score (nSPS) is 18.9. The minimum absolute atomic E-state index is 0.264. The van der Waals surface area contributed by atoms with Crippen molar-refractivity contribution in [1.82, 2.24) is 0 Å². The second-order valence-electron chi connectivity index (χ2n) is 4.91. The van der Waals surface area contributed by atoms with E-state index in [0.29, 0.717) is 5.92 Å². The Morgan fingerprint density at radius 1 is 1.11 bits per heavy atom. The summed E-state index contributed by atoms with van der Waals surface area (Å²) in [6.07, 6.45) is 1.50. The Morgan fingerprint density at radius 2 is 1.83 bits per heavy atom. The van der Waals surface area contributed by atoms with E-state index in [0.717, 1.165) is 12.8 Å². The van der Waals surface area contributed by atoms with Gasteiger partial charge in [0.15, 0.2) is 0 Å². The summed E-state index contributed by atoms with van der Waals surface area (Å²) in [4.78, 5) is 0. The molecule has 92 valence electrons. The molecule has 18 heavy (non-hydrogen) atoms. The van der Waals surface area contributed by atoms with Crippen LogP contribution in [0.15, 0.2) is 48.5 Å². The third-order valence-corrected chi connectivity index (χ3v) is 4.44. The largest absolute Gasteiger partial charge is 0.392 e. The lowest BCUT2D eigenvalue weighted by Gasteiger charge is -2.34. The molecule has 1 N–H and O–H groups in total. The van der Waals surface area contributed by atoms with Crippen molar-refractivity contribution in [3.05, 3.63) is 68.8 Å². The number of aliphatic hydroxyl groups is 1. The molecule has 0 aliphatic heterocycles. The number of halogens is 1. The second kappa shape index (κ2) is 5.02. The molecule has 2 aromatic carbocycles. The predicted molar refractivity (Wildman–Crippen MR) is 81.8 cm³/mol. The molecule has 0 radical (unpaired) electrons. The molecule has 3 rings (SSSR count). The van der Waals surface area contributed by atoms with E-state index in [1.54, 1.807) is 0 Å². The lowest BCUT2D eigenvalue weighted by atomic mass is 9.73. The fourth-order valence-corrected chi connectivity index (χ4v) is 3.00. The van der Waals surface area contributed by atoms with Crippen molar-refractivity contribution in [2.45, 2.75) is 24.9 Å². The highest BCUT2D eigenvalue weighted by Crippen LogP contribution is 2.38. The maximum Gasteiger partial charge on any atom is 0.0652 e. The number of hydrogen-bond acceptors (Lipinski definition) is 1. The van der Waals surface area contributed by atoms with E-state index in [1.165, 1.54) is 20.3 Å². The summed E-state index contributed by atoms with van der Waals surface area (Å²) in [6.45, 7) is 0. The Bertz CT molecular complexity index is 547. The molecule has 2 unspecified atom stereocenters. The molecule has 0 saturated heterocycles. The van der Waals surface area contributed by atoms with Crippen LogP contribution in [0, 0.1) is 3.57 Å². The first kappa shape index (κ1) is 12.2. The van der Waals surface area contributed by atoms with E-state index in [-0.39, 0.29) is 6.10 Å². The minimum atomic E-state index is -0.264. The quantitative estimate of drug-likeness (QED) is 0.840. The van der Waals surface area contributed by atoms with Gasteiger partial charge in [0, 0.05) is 9.49 Å². The van der Waals surface area contributed by atoms with Gasteiger partial charge in [-0.25, -0.2) is 0 Å². The van der Waals surface area contributed by atoms with E-state index >= 15 is 0 Å². The zero-order valence-electron chi connectivity index (χ0n) is 10.0. The Morgan fingerprint density at radius 3 is 2.56 bits per heavy atom. The van der Waals surface area contributed by atoms with Gasteiger partial charge < -0.3 is 5.11 Å². The third-order valence-electron chi connectivity index (χ3n) is 3.72. The monoisotopic (exact) mass is 350 g/mol. The molecule has 1 aliphatic carbocycles. The average Bonchev–Trinajstić information content (AvgIpc) is 2.34. The van der Waals surface area contributed by atoms with Crippen LogP contribution in [0.25, 0.3) is 0 Å². The lowest BCUT2D eigenvalue weighted by molar-refractivity contribution is 0.133. The van der Waals surface area contributed by atoms with E-state index < -0.39 is 0 Å². The summed E-state index contributed by atoms with van der Waals surface area (Å²) in [5.74, 6) is 0.320. The number of benzene rings is 2. The van der Waals surface area contributed by atoms with Crippen molar-refractivity contribution in [2.75, 3.05) is 0 Å². The highest BCUT2D eigenvalue weighted by atomic mass is 127. The molecule has 0 spiro atoms. The fourth-order valence-electron chi connectivity index (χ4n) is 2.65. The van der Waals surface area contributed by atoms with Gasteiger partial charge in [-0.1, -0.05) is 36.4 Å². The van der Waals surface area contributed by atoms with Crippen molar-refractivity contribution in [1.29, 1.82) is 0 Å². The standard InChI is InChI=1S/C16H15IO/c17-13-7-5-11(6-8-13)9-16(18)15-10-12-3-1-2-4-14(12)15/h1-8,15-16,18H,9-10H2. The molecule has 2 aromatic rings. The van der Waals surface area contributed by atoms with Crippen LogP contribution >= 0.6 is 22.6 Å². The molecular weight excluding hydrogens is 335 g/mol. The van der Waals surface area contributed by atoms with Gasteiger partial charge in [0.25, 0.3) is 0 Å². The summed E-state index contributed by atoms with van der Waals surface area (Å²) in [5.41, 5.74) is 3.94. The Hall–Kier alpha value is -0.870. The van der Waals surface area contributed by atoms with Crippen LogP contribution < -0.4 is 0 Å². The SMILES string of the molecule is OC(Cc1ccc(I)cc1)C1Cc2ccccc21. The van der Waals surface area contributed by atoms with Crippen molar-refractivity contribution in [3.8, 4) is 0 Å². The van der Waals surface area contributed by atoms with Gasteiger partial charge in [-0.15, -0.1) is 0 Å². The topological polar surface area (TPSA) is 20.2 Å². The molecule has 0 heterocycles. The third kappa shape index (κ3) is 2.31. The summed E-state index contributed by atoms with van der Waals surface area (Å²) >= 11 is 2.30. The Balaban J connectivity index is 1.70. The summed E-state index contributed by atoms with van der Waals surface area (Å²) in [6, 6.07) is 16.8. The smallest absolute Gasteiger partial charge is 0.0652 e. The van der Waals surface area contributed by atoms with E-state index in [4.69, 9.17) is 0 Å². The number of fused-ring (bicyclic) bond motifs is 1. The van der Waals surface area contributed by atoms with E-state index in [2.05, 4.69) is 71.1 Å². The fraction of sp³-hybridized carbons (Fsp3) is 0.250. The highest BCUT2D eigenvalue weighted by molar-refractivity contribution is 14.1. The van der Waals surface area contributed by atoms with E-state index in [1.807, 2.05) is 0 Å². The highest BCUT2D eigenvalue weighted by Gasteiger charge is 2.31. The predicted octanol–water partition coefficient (Wildman–Crippen LogP) is 3.53. The van der Waals surface area contributed by atoms with Crippen LogP contribution in [0.3, 0.4) is 0 Å². The molecule has 0 bridgehead atoms. The maximum atomic E-state index is 10.3. The number of aliphatic hydroxyl groups excluding tert-OH is 1. The molecular formula is C16H15IO. The van der Waals surface area contributed by atoms with Gasteiger partial charge in [-0.2, -0.15) is 0 Å². The van der Waals surface area contributed by atoms with Gasteiger partial charge >= 0.3 is 0 Å². The zero-order chi connectivity index (χ0) is 12.5. The van der Waals surface area contributed by atoms with Crippen LogP contribution in [0.5, 0.6) is 0 Å². The van der Waals surface area contributed by atoms with Crippen molar-refractivity contribution in [3.63, 3.8) is 0 Å². The molecule has 0 saturated carbocycles. The van der Waals surface area contributed by atoms with Crippen LogP contribution in [-0.2, 0) is 12.8 Å². The van der Waals surface area contributed by atoms with Crippen molar-refractivity contribution < 1.29 is 5.11 Å². The molecule has 2 atom stereocenters. The molecule has 2 heteroatoms. The first-order valence-electron chi connectivity index (χ1n) is 6.24. The van der Waals surface area contributed by atoms with Gasteiger partial charge in [0.1, 0.15) is 0 Å². The van der Waals surface area contributed by atoms with Gasteiger partial charge in [0.05, 0.1) is 6.10 Å².